The first-order chi connectivity index (χ1) is 7.61. The first-order valence-corrected chi connectivity index (χ1v) is 6.49. The van der Waals surface area contributed by atoms with E-state index in [1.54, 1.807) is 0 Å². The van der Waals surface area contributed by atoms with E-state index in [4.69, 9.17) is 11.6 Å². The molecule has 0 N–H and O–H groups in total. The molecule has 0 aliphatic rings. The Hall–Kier alpha value is -0.790. The van der Waals surface area contributed by atoms with Crippen LogP contribution in [0.4, 0.5) is 13.2 Å². The fourth-order valence-corrected chi connectivity index (χ4v) is 1.70. The lowest BCUT2D eigenvalue weighted by Crippen LogP contribution is -2.12. The highest BCUT2D eigenvalue weighted by Crippen LogP contribution is 2.35. The zero-order chi connectivity index (χ0) is 13.3. The lowest BCUT2D eigenvalue weighted by Gasteiger charge is -2.13. The van der Waals surface area contributed by atoms with Crippen LogP contribution in [-0.4, -0.2) is 14.7 Å². The Morgan fingerprint density at radius 3 is 2.41 bits per heavy atom. The molecule has 0 atom stereocenters. The Morgan fingerprint density at radius 1 is 1.35 bits per heavy atom. The van der Waals surface area contributed by atoms with Crippen LogP contribution in [0.25, 0.3) is 0 Å². The summed E-state index contributed by atoms with van der Waals surface area (Å²) in [6.07, 6.45) is -3.86. The van der Waals surface area contributed by atoms with Crippen LogP contribution in [0.2, 0.25) is 5.02 Å². The largest absolute Gasteiger partial charge is 0.416 e. The van der Waals surface area contributed by atoms with Gasteiger partial charge in [-0.25, -0.2) is 0 Å². The standard InChI is InChI=1S/C9H8ClF3O3S/c1-17(14,15)16-5-6-7(9(11,12)13)3-2-4-8(6)10/h2-4H,5H2,1H3. The van der Waals surface area contributed by atoms with Crippen molar-refractivity contribution in [1.82, 2.24) is 0 Å². The molecule has 1 aromatic rings. The molecule has 17 heavy (non-hydrogen) atoms. The van der Waals surface area contributed by atoms with Crippen molar-refractivity contribution in [3.8, 4) is 0 Å². The third kappa shape index (κ3) is 4.18. The average molecular weight is 289 g/mol. The third-order valence-corrected chi connectivity index (χ3v) is 2.74. The van der Waals surface area contributed by atoms with Crippen LogP contribution >= 0.6 is 11.6 Å². The number of hydrogen-bond donors (Lipinski definition) is 0. The molecule has 1 rings (SSSR count). The number of alkyl halides is 3. The summed E-state index contributed by atoms with van der Waals surface area (Å²) < 4.78 is 63.5. The molecule has 0 bridgehead atoms. The maximum atomic E-state index is 12.6. The Kier molecular flexibility index (Phi) is 4.06. The van der Waals surface area contributed by atoms with Gasteiger partial charge in [0.1, 0.15) is 0 Å². The molecule has 0 radical (unpaired) electrons. The van der Waals surface area contributed by atoms with Crippen molar-refractivity contribution in [2.75, 3.05) is 6.26 Å². The molecular weight excluding hydrogens is 281 g/mol. The molecule has 0 spiro atoms. The van der Waals surface area contributed by atoms with Gasteiger partial charge in [-0.2, -0.15) is 21.6 Å². The highest BCUT2D eigenvalue weighted by atomic mass is 35.5. The number of hydrogen-bond acceptors (Lipinski definition) is 3. The van der Waals surface area contributed by atoms with Crippen molar-refractivity contribution in [1.29, 1.82) is 0 Å². The minimum absolute atomic E-state index is 0.191. The topological polar surface area (TPSA) is 43.4 Å². The van der Waals surface area contributed by atoms with Gasteiger partial charge in [0, 0.05) is 10.6 Å². The summed E-state index contributed by atoms with van der Waals surface area (Å²) in [5, 5.41) is -0.191. The van der Waals surface area contributed by atoms with Crippen LogP contribution in [0.5, 0.6) is 0 Å². The predicted molar refractivity (Wildman–Crippen MR) is 56.1 cm³/mol. The van der Waals surface area contributed by atoms with Crippen molar-refractivity contribution < 1.29 is 25.8 Å². The number of halogens is 4. The first kappa shape index (κ1) is 14.3. The highest BCUT2D eigenvalue weighted by Gasteiger charge is 2.34. The summed E-state index contributed by atoms with van der Waals surface area (Å²) in [5.74, 6) is 0. The molecule has 0 unspecified atom stereocenters. The second kappa shape index (κ2) is 4.83. The molecule has 0 saturated carbocycles. The maximum absolute atomic E-state index is 12.6. The van der Waals surface area contributed by atoms with Crippen molar-refractivity contribution in [3.63, 3.8) is 0 Å². The highest BCUT2D eigenvalue weighted by molar-refractivity contribution is 7.85. The number of rotatable bonds is 3. The summed E-state index contributed by atoms with van der Waals surface area (Å²) in [6, 6.07) is 3.18. The Balaban J connectivity index is 3.13. The molecule has 0 amide bonds. The third-order valence-electron chi connectivity index (χ3n) is 1.84. The van der Waals surface area contributed by atoms with Gasteiger partial charge in [-0.3, -0.25) is 4.18 Å². The van der Waals surface area contributed by atoms with Gasteiger partial charge < -0.3 is 0 Å². The van der Waals surface area contributed by atoms with Gasteiger partial charge in [-0.1, -0.05) is 17.7 Å². The van der Waals surface area contributed by atoms with Crippen LogP contribution < -0.4 is 0 Å². The molecule has 0 aliphatic heterocycles. The molecule has 0 aromatic heterocycles. The molecular formula is C9H8ClF3O3S. The normalized spacial score (nSPS) is 12.8. The first-order valence-electron chi connectivity index (χ1n) is 4.30. The second-order valence-electron chi connectivity index (χ2n) is 3.23. The van der Waals surface area contributed by atoms with E-state index in [9.17, 15) is 21.6 Å². The van der Waals surface area contributed by atoms with Gasteiger partial charge in [-0.15, -0.1) is 0 Å². The molecule has 0 fully saturated rings. The lowest BCUT2D eigenvalue weighted by molar-refractivity contribution is -0.138. The van der Waals surface area contributed by atoms with Gasteiger partial charge >= 0.3 is 6.18 Å². The smallest absolute Gasteiger partial charge is 0.265 e. The van der Waals surface area contributed by atoms with Crippen LogP contribution in [-0.2, 0) is 27.1 Å². The van der Waals surface area contributed by atoms with Gasteiger partial charge in [0.2, 0.25) is 0 Å². The van der Waals surface area contributed by atoms with Crippen molar-refractivity contribution in [2.45, 2.75) is 12.8 Å². The predicted octanol–water partition coefficient (Wildman–Crippen LogP) is 2.84. The minimum atomic E-state index is -4.61. The Labute approximate surface area is 101 Å². The van der Waals surface area contributed by atoms with E-state index in [2.05, 4.69) is 4.18 Å². The Morgan fingerprint density at radius 2 is 1.94 bits per heavy atom. The summed E-state index contributed by atoms with van der Waals surface area (Å²) in [6.45, 7) is -0.743. The molecule has 3 nitrogen and oxygen atoms in total. The van der Waals surface area contributed by atoms with Gasteiger partial charge in [0.05, 0.1) is 18.4 Å². The average Bonchev–Trinajstić information content (AvgIpc) is 2.12. The molecule has 8 heteroatoms. The zero-order valence-corrected chi connectivity index (χ0v) is 10.2. The molecule has 0 aliphatic carbocycles. The van der Waals surface area contributed by atoms with E-state index in [1.807, 2.05) is 0 Å². The van der Waals surface area contributed by atoms with Crippen molar-refractivity contribution >= 4 is 21.7 Å². The molecule has 0 saturated heterocycles. The minimum Gasteiger partial charge on any atom is -0.265 e. The maximum Gasteiger partial charge on any atom is 0.416 e. The fourth-order valence-electron chi connectivity index (χ4n) is 1.14. The van der Waals surface area contributed by atoms with E-state index in [1.165, 1.54) is 6.07 Å². The summed E-state index contributed by atoms with van der Waals surface area (Å²) in [4.78, 5) is 0. The van der Waals surface area contributed by atoms with Gasteiger partial charge in [-0.05, 0) is 12.1 Å². The molecule has 1 aromatic carbocycles. The van der Waals surface area contributed by atoms with Crippen LogP contribution in [0.1, 0.15) is 11.1 Å². The monoisotopic (exact) mass is 288 g/mol. The summed E-state index contributed by atoms with van der Waals surface area (Å²) >= 11 is 5.59. The van der Waals surface area contributed by atoms with Crippen LogP contribution in [0.15, 0.2) is 18.2 Å². The van der Waals surface area contributed by atoms with Crippen molar-refractivity contribution in [2.24, 2.45) is 0 Å². The lowest BCUT2D eigenvalue weighted by atomic mass is 10.1. The van der Waals surface area contributed by atoms with Crippen LogP contribution in [0.3, 0.4) is 0 Å². The van der Waals surface area contributed by atoms with Crippen molar-refractivity contribution in [3.05, 3.63) is 34.3 Å². The van der Waals surface area contributed by atoms with E-state index >= 15 is 0 Å². The summed E-state index contributed by atoms with van der Waals surface area (Å²) in [7, 11) is -3.83. The van der Waals surface area contributed by atoms with Gasteiger partial charge in [0.15, 0.2) is 0 Å². The summed E-state index contributed by atoms with van der Waals surface area (Å²) in [5.41, 5.74) is -1.40. The van der Waals surface area contributed by atoms with Gasteiger partial charge in [0.25, 0.3) is 10.1 Å². The Bertz CT molecular complexity index is 511. The quantitative estimate of drug-likeness (QED) is 0.803. The van der Waals surface area contributed by atoms with E-state index in [0.717, 1.165) is 18.4 Å². The van der Waals surface area contributed by atoms with E-state index in [0.29, 0.717) is 0 Å². The number of benzene rings is 1. The van der Waals surface area contributed by atoms with Crippen LogP contribution in [0, 0.1) is 0 Å². The van der Waals surface area contributed by atoms with E-state index < -0.39 is 34.0 Å². The molecule has 96 valence electrons. The molecule has 0 heterocycles. The SMILES string of the molecule is CS(=O)(=O)OCc1c(Cl)cccc1C(F)(F)F. The fraction of sp³-hybridized carbons (Fsp3) is 0.333. The van der Waals surface area contributed by atoms with E-state index in [-0.39, 0.29) is 5.02 Å². The second-order valence-corrected chi connectivity index (χ2v) is 5.28. The zero-order valence-electron chi connectivity index (χ0n) is 8.58.